The summed E-state index contributed by atoms with van der Waals surface area (Å²) in [5.74, 6) is 0. The summed E-state index contributed by atoms with van der Waals surface area (Å²) in [4.78, 5) is 0. The predicted molar refractivity (Wildman–Crippen MR) is 52.2 cm³/mol. The maximum absolute atomic E-state index is 5.24. The fourth-order valence-corrected chi connectivity index (χ4v) is 1.73. The molecule has 0 aliphatic carbocycles. The van der Waals surface area contributed by atoms with E-state index < -0.39 is 0 Å². The van der Waals surface area contributed by atoms with Gasteiger partial charge in [0.05, 0.1) is 25.4 Å². The van der Waals surface area contributed by atoms with Gasteiger partial charge in [-0.05, 0) is 17.2 Å². The van der Waals surface area contributed by atoms with E-state index in [-0.39, 0.29) is 0 Å². The number of rotatable bonds is 4. The lowest BCUT2D eigenvalue weighted by molar-refractivity contribution is 0.401. The van der Waals surface area contributed by atoms with Gasteiger partial charge in [0, 0.05) is 12.8 Å². The first-order chi connectivity index (χ1) is 6.92. The molecule has 2 aliphatic heterocycles. The van der Waals surface area contributed by atoms with Crippen LogP contribution in [-0.4, -0.2) is 25.4 Å². The number of epoxide rings is 2. The van der Waals surface area contributed by atoms with Gasteiger partial charge in [-0.3, -0.25) is 0 Å². The van der Waals surface area contributed by atoms with Crippen LogP contribution in [0.25, 0.3) is 0 Å². The van der Waals surface area contributed by atoms with Crippen molar-refractivity contribution in [3.05, 3.63) is 35.4 Å². The van der Waals surface area contributed by atoms with Crippen molar-refractivity contribution < 1.29 is 9.47 Å². The molecule has 2 heteroatoms. The first kappa shape index (κ1) is 8.45. The fourth-order valence-electron chi connectivity index (χ4n) is 1.73. The molecule has 2 nitrogen and oxygen atoms in total. The molecule has 14 heavy (non-hydrogen) atoms. The highest BCUT2D eigenvalue weighted by Crippen LogP contribution is 2.22. The molecule has 2 heterocycles. The normalized spacial score (nSPS) is 28.9. The molecular weight excluding hydrogens is 176 g/mol. The monoisotopic (exact) mass is 189 g/mol. The zero-order valence-electron chi connectivity index (χ0n) is 8.03. The Morgan fingerprint density at radius 1 is 1.21 bits per heavy atom. The molecule has 1 radical (unpaired) electrons. The smallest absolute Gasteiger partial charge is 0.0850 e. The molecule has 0 spiro atoms. The Labute approximate surface area is 83.8 Å². The molecule has 1 aromatic rings. The van der Waals surface area contributed by atoms with Gasteiger partial charge >= 0.3 is 0 Å². The van der Waals surface area contributed by atoms with Crippen molar-refractivity contribution in [3.63, 3.8) is 0 Å². The zero-order chi connectivity index (χ0) is 9.38. The van der Waals surface area contributed by atoms with Gasteiger partial charge in [-0.2, -0.15) is 0 Å². The summed E-state index contributed by atoms with van der Waals surface area (Å²) in [5.41, 5.74) is 2.69. The average molecular weight is 189 g/mol. The van der Waals surface area contributed by atoms with Gasteiger partial charge in [0.25, 0.3) is 0 Å². The lowest BCUT2D eigenvalue weighted by Crippen LogP contribution is -2.02. The third-order valence-corrected chi connectivity index (χ3v) is 2.72. The largest absolute Gasteiger partial charge is 0.373 e. The summed E-state index contributed by atoms with van der Waals surface area (Å²) >= 11 is 0. The fraction of sp³-hybridized carbons (Fsp3) is 0.500. The Balaban J connectivity index is 1.76. The van der Waals surface area contributed by atoms with E-state index in [1.165, 1.54) is 11.1 Å². The lowest BCUT2D eigenvalue weighted by atomic mass is 9.99. The van der Waals surface area contributed by atoms with E-state index in [0.29, 0.717) is 12.2 Å². The summed E-state index contributed by atoms with van der Waals surface area (Å²) in [5, 5.41) is 0. The standard InChI is InChI=1S/C12H13O2/c1-2-4-10(6-12-8-14-12)9(3-1)5-11-7-13-11/h1-3,11-12H,5-8H2. The maximum Gasteiger partial charge on any atom is 0.0850 e. The van der Waals surface area contributed by atoms with E-state index in [1.54, 1.807) is 0 Å². The van der Waals surface area contributed by atoms with Gasteiger partial charge < -0.3 is 9.47 Å². The summed E-state index contributed by atoms with van der Waals surface area (Å²) in [7, 11) is 0. The van der Waals surface area contributed by atoms with Crippen molar-refractivity contribution in [2.24, 2.45) is 0 Å². The zero-order valence-corrected chi connectivity index (χ0v) is 8.03. The quantitative estimate of drug-likeness (QED) is 0.668. The van der Waals surface area contributed by atoms with Crippen molar-refractivity contribution in [2.45, 2.75) is 25.0 Å². The molecule has 0 saturated carbocycles. The molecule has 2 unspecified atom stereocenters. The van der Waals surface area contributed by atoms with E-state index in [2.05, 4.69) is 18.2 Å². The highest BCUT2D eigenvalue weighted by molar-refractivity contribution is 5.28. The summed E-state index contributed by atoms with van der Waals surface area (Å²) in [6, 6.07) is 9.51. The SMILES string of the molecule is [c]1cccc(CC2CO2)c1CC1CO1. The van der Waals surface area contributed by atoms with E-state index in [9.17, 15) is 0 Å². The van der Waals surface area contributed by atoms with E-state index >= 15 is 0 Å². The molecule has 0 aromatic heterocycles. The molecule has 0 bridgehead atoms. The van der Waals surface area contributed by atoms with Crippen molar-refractivity contribution in [2.75, 3.05) is 13.2 Å². The van der Waals surface area contributed by atoms with E-state index in [4.69, 9.17) is 9.47 Å². The molecule has 2 saturated heterocycles. The number of hydrogen-bond acceptors (Lipinski definition) is 2. The van der Waals surface area contributed by atoms with Crippen LogP contribution in [0.3, 0.4) is 0 Å². The van der Waals surface area contributed by atoms with Gasteiger partial charge in [0.15, 0.2) is 0 Å². The summed E-state index contributed by atoms with van der Waals surface area (Å²) < 4.78 is 10.5. The van der Waals surface area contributed by atoms with Crippen LogP contribution in [0, 0.1) is 6.07 Å². The Kier molecular flexibility index (Phi) is 2.03. The lowest BCUT2D eigenvalue weighted by Gasteiger charge is -2.05. The Morgan fingerprint density at radius 3 is 2.64 bits per heavy atom. The van der Waals surface area contributed by atoms with Crippen LogP contribution in [0.15, 0.2) is 18.2 Å². The Bertz CT molecular complexity index is 294. The topological polar surface area (TPSA) is 25.1 Å². The highest BCUT2D eigenvalue weighted by atomic mass is 16.6. The second-order valence-electron chi connectivity index (χ2n) is 3.99. The average Bonchev–Trinajstić information content (AvgIpc) is 3.01. The van der Waals surface area contributed by atoms with Gasteiger partial charge in [-0.25, -0.2) is 0 Å². The van der Waals surface area contributed by atoms with Crippen LogP contribution in [-0.2, 0) is 22.3 Å². The van der Waals surface area contributed by atoms with Crippen LogP contribution >= 0.6 is 0 Å². The van der Waals surface area contributed by atoms with Crippen LogP contribution < -0.4 is 0 Å². The van der Waals surface area contributed by atoms with Crippen molar-refractivity contribution in [1.29, 1.82) is 0 Å². The van der Waals surface area contributed by atoms with Crippen molar-refractivity contribution >= 4 is 0 Å². The van der Waals surface area contributed by atoms with Gasteiger partial charge in [0.1, 0.15) is 0 Å². The Hall–Kier alpha value is -0.860. The first-order valence-corrected chi connectivity index (χ1v) is 5.13. The van der Waals surface area contributed by atoms with Gasteiger partial charge in [0.2, 0.25) is 0 Å². The molecule has 2 fully saturated rings. The molecule has 73 valence electrons. The van der Waals surface area contributed by atoms with E-state index in [1.807, 2.05) is 6.07 Å². The minimum Gasteiger partial charge on any atom is -0.373 e. The molecule has 0 amide bonds. The van der Waals surface area contributed by atoms with Gasteiger partial charge in [-0.15, -0.1) is 0 Å². The first-order valence-electron chi connectivity index (χ1n) is 5.13. The van der Waals surface area contributed by atoms with Gasteiger partial charge in [-0.1, -0.05) is 18.2 Å². The highest BCUT2D eigenvalue weighted by Gasteiger charge is 2.27. The van der Waals surface area contributed by atoms with Crippen LogP contribution in [0.4, 0.5) is 0 Å². The minimum atomic E-state index is 0.451. The third kappa shape index (κ3) is 1.97. The number of hydrogen-bond donors (Lipinski definition) is 0. The van der Waals surface area contributed by atoms with Crippen LogP contribution in [0.2, 0.25) is 0 Å². The number of ether oxygens (including phenoxy) is 2. The van der Waals surface area contributed by atoms with Crippen LogP contribution in [0.1, 0.15) is 11.1 Å². The number of benzene rings is 1. The third-order valence-electron chi connectivity index (χ3n) is 2.72. The van der Waals surface area contributed by atoms with Crippen molar-refractivity contribution in [3.8, 4) is 0 Å². The molecule has 1 aromatic carbocycles. The second kappa shape index (κ2) is 3.37. The molecular formula is C12H13O2. The van der Waals surface area contributed by atoms with Crippen LogP contribution in [0.5, 0.6) is 0 Å². The maximum atomic E-state index is 5.24. The molecule has 2 aliphatic rings. The van der Waals surface area contributed by atoms with Crippen molar-refractivity contribution in [1.82, 2.24) is 0 Å². The summed E-state index contributed by atoms with van der Waals surface area (Å²) in [6.45, 7) is 1.84. The second-order valence-corrected chi connectivity index (χ2v) is 3.99. The molecule has 0 N–H and O–H groups in total. The summed E-state index contributed by atoms with van der Waals surface area (Å²) in [6.07, 6.45) is 2.97. The van der Waals surface area contributed by atoms with E-state index in [0.717, 1.165) is 26.1 Å². The Morgan fingerprint density at radius 2 is 1.93 bits per heavy atom. The minimum absolute atomic E-state index is 0.451. The molecule has 3 rings (SSSR count). The predicted octanol–water partition coefficient (Wildman–Crippen LogP) is 1.37. The molecule has 2 atom stereocenters.